The second-order valence-electron chi connectivity index (χ2n) is 9.57. The van der Waals surface area contributed by atoms with Gasteiger partial charge in [0.05, 0.1) is 30.9 Å². The van der Waals surface area contributed by atoms with Gasteiger partial charge < -0.3 is 25.1 Å². The Bertz CT molecular complexity index is 1120. The number of carbonyl (C=O) groups excluding carboxylic acids is 2. The number of piperidine rings is 1. The normalized spacial score (nSPS) is 19.7. The number of phenols is 2. The van der Waals surface area contributed by atoms with Gasteiger partial charge >= 0.3 is 0 Å². The van der Waals surface area contributed by atoms with Crippen LogP contribution in [0.15, 0.2) is 12.1 Å². The Labute approximate surface area is 203 Å². The van der Waals surface area contributed by atoms with E-state index in [1.165, 1.54) is 12.8 Å². The molecule has 11 heteroatoms. The molecule has 2 N–H and O–H groups in total. The number of aromatic nitrogens is 3. The number of carbonyl (C=O) groups is 2. The first-order valence-electron chi connectivity index (χ1n) is 12.3. The van der Waals surface area contributed by atoms with E-state index >= 15 is 0 Å². The molecule has 11 nitrogen and oxygen atoms in total. The Kier molecular flexibility index (Phi) is 6.72. The van der Waals surface area contributed by atoms with Gasteiger partial charge in [-0.25, -0.2) is 0 Å². The Morgan fingerprint density at radius 2 is 1.57 bits per heavy atom. The first-order valence-corrected chi connectivity index (χ1v) is 12.3. The number of aromatic hydroxyl groups is 2. The van der Waals surface area contributed by atoms with Crippen LogP contribution in [0.3, 0.4) is 0 Å². The van der Waals surface area contributed by atoms with Crippen LogP contribution in [0.25, 0.3) is 0 Å². The predicted molar refractivity (Wildman–Crippen MR) is 123 cm³/mol. The molecule has 0 bridgehead atoms. The number of hydrogen-bond donors (Lipinski definition) is 2. The predicted octanol–water partition coefficient (Wildman–Crippen LogP) is 0.528. The SMILES string of the molecule is O=C1c2n[n+]([O-])n(CCN3CCC(CCCN4CCOCC4)CC3)c2C(=O)c2c(O)ccc(O)c21. The van der Waals surface area contributed by atoms with Crippen molar-refractivity contribution in [3.8, 4) is 11.5 Å². The second kappa shape index (κ2) is 9.92. The Balaban J connectivity index is 1.18. The lowest BCUT2D eigenvalue weighted by molar-refractivity contribution is -0.749. The second-order valence-corrected chi connectivity index (χ2v) is 9.57. The molecular formula is C24H31N5O6. The molecule has 2 aliphatic heterocycles. The summed E-state index contributed by atoms with van der Waals surface area (Å²) in [6.45, 7) is 7.42. The lowest BCUT2D eigenvalue weighted by atomic mass is 9.88. The summed E-state index contributed by atoms with van der Waals surface area (Å²) in [5.74, 6) is -1.58. The highest BCUT2D eigenvalue weighted by atomic mass is 16.5. The number of phenolic OH excluding ortho intramolecular Hbond substituents is 2. The van der Waals surface area contributed by atoms with Gasteiger partial charge in [0.1, 0.15) is 11.5 Å². The van der Waals surface area contributed by atoms with Gasteiger partial charge in [0.25, 0.3) is 0 Å². The molecule has 2 saturated heterocycles. The fourth-order valence-electron chi connectivity index (χ4n) is 5.41. The summed E-state index contributed by atoms with van der Waals surface area (Å²) in [4.78, 5) is 30.9. The molecule has 1 aromatic heterocycles. The average Bonchev–Trinajstić information content (AvgIpc) is 3.20. The standard InChI is InChI=1S/C24H31N5O6/c30-17-3-4-18(31)20-19(17)23(32)21-22(24(20)33)28(29(34)25-21)11-10-27-8-5-16(6-9-27)2-1-7-26-12-14-35-15-13-26/h3-4,16,30-31H,1-2,5-15H2. The molecule has 0 spiro atoms. The average molecular weight is 486 g/mol. The number of benzene rings is 1. The van der Waals surface area contributed by atoms with Crippen LogP contribution < -0.4 is 4.96 Å². The van der Waals surface area contributed by atoms with Crippen molar-refractivity contribution in [2.45, 2.75) is 32.2 Å². The van der Waals surface area contributed by atoms with Gasteiger partial charge in [0, 0.05) is 29.7 Å². The maximum atomic E-state index is 13.1. The molecule has 0 amide bonds. The lowest BCUT2D eigenvalue weighted by Crippen LogP contribution is -2.44. The molecule has 0 radical (unpaired) electrons. The monoisotopic (exact) mass is 485 g/mol. The highest BCUT2D eigenvalue weighted by molar-refractivity contribution is 6.28. The number of nitrogens with zero attached hydrogens (tertiary/aromatic N) is 5. The number of morpholine rings is 1. The lowest BCUT2D eigenvalue weighted by Gasteiger charge is -2.32. The zero-order chi connectivity index (χ0) is 24.5. The molecule has 1 aromatic carbocycles. The number of likely N-dealkylation sites (tertiary alicyclic amines) is 1. The van der Waals surface area contributed by atoms with Crippen LogP contribution in [-0.2, 0) is 11.3 Å². The zero-order valence-corrected chi connectivity index (χ0v) is 19.7. The molecule has 2 aromatic rings. The van der Waals surface area contributed by atoms with E-state index < -0.39 is 23.1 Å². The van der Waals surface area contributed by atoms with Crippen molar-refractivity contribution in [3.05, 3.63) is 39.9 Å². The highest BCUT2D eigenvalue weighted by Gasteiger charge is 2.42. The summed E-state index contributed by atoms with van der Waals surface area (Å²) in [5.41, 5.74) is -1.04. The van der Waals surface area contributed by atoms with Crippen LogP contribution >= 0.6 is 0 Å². The molecule has 5 rings (SSSR count). The van der Waals surface area contributed by atoms with Crippen LogP contribution in [0.1, 0.15) is 57.8 Å². The summed E-state index contributed by atoms with van der Waals surface area (Å²) in [6.07, 6.45) is 4.61. The molecule has 3 aliphatic rings. The van der Waals surface area contributed by atoms with Crippen LogP contribution in [0.5, 0.6) is 11.5 Å². The first kappa shape index (κ1) is 23.7. The van der Waals surface area contributed by atoms with Gasteiger partial charge in [-0.05, 0) is 63.4 Å². The summed E-state index contributed by atoms with van der Waals surface area (Å²) in [7, 11) is 0. The van der Waals surface area contributed by atoms with Gasteiger partial charge in [-0.3, -0.25) is 14.5 Å². The van der Waals surface area contributed by atoms with Gasteiger partial charge in [0.2, 0.25) is 17.3 Å². The minimum absolute atomic E-state index is 0.142. The van der Waals surface area contributed by atoms with Gasteiger partial charge in [-0.1, -0.05) is 0 Å². The Hall–Kier alpha value is -3.02. The number of ether oxygens (including phenoxy) is 1. The molecule has 35 heavy (non-hydrogen) atoms. The third-order valence-electron chi connectivity index (χ3n) is 7.45. The van der Waals surface area contributed by atoms with Crippen LogP contribution in [-0.4, -0.2) is 93.8 Å². The van der Waals surface area contributed by atoms with Gasteiger partial charge in [0.15, 0.2) is 5.69 Å². The highest BCUT2D eigenvalue weighted by Crippen LogP contribution is 2.36. The van der Waals surface area contributed by atoms with Crippen LogP contribution in [0.2, 0.25) is 0 Å². The summed E-state index contributed by atoms with van der Waals surface area (Å²) < 4.78 is 6.55. The van der Waals surface area contributed by atoms with E-state index in [0.29, 0.717) is 12.5 Å². The van der Waals surface area contributed by atoms with Crippen LogP contribution in [0, 0.1) is 11.1 Å². The maximum Gasteiger partial charge on any atom is 0.224 e. The van der Waals surface area contributed by atoms with Gasteiger partial charge in [-0.15, -0.1) is 4.68 Å². The fourth-order valence-corrected chi connectivity index (χ4v) is 5.41. The van der Waals surface area contributed by atoms with Crippen molar-refractivity contribution in [3.63, 3.8) is 0 Å². The van der Waals surface area contributed by atoms with Crippen molar-refractivity contribution in [1.82, 2.24) is 19.6 Å². The molecule has 188 valence electrons. The van der Waals surface area contributed by atoms with Crippen molar-refractivity contribution < 1.29 is 29.5 Å². The molecule has 0 saturated carbocycles. The van der Waals surface area contributed by atoms with E-state index in [2.05, 4.69) is 14.9 Å². The molecule has 3 heterocycles. The van der Waals surface area contributed by atoms with E-state index in [9.17, 15) is 25.0 Å². The van der Waals surface area contributed by atoms with E-state index in [1.807, 2.05) is 0 Å². The molecular weight excluding hydrogens is 454 g/mol. The van der Waals surface area contributed by atoms with Crippen molar-refractivity contribution >= 4 is 11.6 Å². The van der Waals surface area contributed by atoms with Crippen molar-refractivity contribution in [2.24, 2.45) is 5.92 Å². The number of ketones is 2. The number of rotatable bonds is 7. The Morgan fingerprint density at radius 1 is 0.943 bits per heavy atom. The first-order chi connectivity index (χ1) is 16.9. The fraction of sp³-hybridized carbons (Fsp3) is 0.583. The van der Waals surface area contributed by atoms with Gasteiger partial charge in [-0.2, -0.15) is 0 Å². The Morgan fingerprint density at radius 3 is 2.26 bits per heavy atom. The topological polar surface area (TPSA) is 135 Å². The third kappa shape index (κ3) is 4.63. The largest absolute Gasteiger partial charge is 0.571 e. The summed E-state index contributed by atoms with van der Waals surface area (Å²) in [6, 6.07) is 2.29. The molecule has 0 unspecified atom stereocenters. The molecule has 0 atom stereocenters. The molecule has 1 aliphatic carbocycles. The summed E-state index contributed by atoms with van der Waals surface area (Å²) in [5, 5.41) is 36.5. The number of hydrogen-bond acceptors (Lipinski definition) is 9. The van der Waals surface area contributed by atoms with E-state index in [1.54, 1.807) is 0 Å². The van der Waals surface area contributed by atoms with Crippen molar-refractivity contribution in [1.29, 1.82) is 0 Å². The minimum Gasteiger partial charge on any atom is -0.571 e. The zero-order valence-electron chi connectivity index (χ0n) is 19.7. The number of fused-ring (bicyclic) bond motifs is 2. The minimum atomic E-state index is -0.746. The van der Waals surface area contributed by atoms with E-state index in [-0.39, 0.29) is 34.0 Å². The third-order valence-corrected chi connectivity index (χ3v) is 7.45. The summed E-state index contributed by atoms with van der Waals surface area (Å²) >= 11 is 0. The van der Waals surface area contributed by atoms with Crippen LogP contribution in [0.4, 0.5) is 0 Å². The smallest absolute Gasteiger partial charge is 0.224 e. The van der Waals surface area contributed by atoms with E-state index in [0.717, 1.165) is 75.6 Å². The van der Waals surface area contributed by atoms with Crippen molar-refractivity contribution in [2.75, 3.05) is 52.5 Å². The molecule has 2 fully saturated rings. The quantitative estimate of drug-likeness (QED) is 0.279. The maximum absolute atomic E-state index is 13.1. The van der Waals surface area contributed by atoms with E-state index in [4.69, 9.17) is 4.74 Å².